The van der Waals surface area contributed by atoms with Crippen molar-refractivity contribution in [1.29, 1.82) is 0 Å². The quantitative estimate of drug-likeness (QED) is 0.0812. The molecular formula is C45H57N5O6S. The molecule has 2 aromatic heterocycles. The summed E-state index contributed by atoms with van der Waals surface area (Å²) < 4.78 is 5.92. The molecule has 4 heterocycles. The summed E-state index contributed by atoms with van der Waals surface area (Å²) in [6.45, 7) is 10.3. The second-order valence-corrected chi connectivity index (χ2v) is 17.4. The average Bonchev–Trinajstić information content (AvgIpc) is 4.01. The van der Waals surface area contributed by atoms with Crippen LogP contribution in [0.3, 0.4) is 0 Å². The van der Waals surface area contributed by atoms with Crippen LogP contribution in [0.2, 0.25) is 0 Å². The maximum atomic E-state index is 14.4. The van der Waals surface area contributed by atoms with E-state index >= 15 is 0 Å². The van der Waals surface area contributed by atoms with Gasteiger partial charge in [0.15, 0.2) is 12.1 Å². The van der Waals surface area contributed by atoms with Gasteiger partial charge in [0.25, 0.3) is 5.91 Å². The van der Waals surface area contributed by atoms with Gasteiger partial charge in [-0.15, -0.1) is 11.3 Å². The molecule has 2 saturated heterocycles. The molecule has 3 N–H and O–H groups in total. The van der Waals surface area contributed by atoms with Gasteiger partial charge in [0.05, 0.1) is 11.5 Å². The zero-order chi connectivity index (χ0) is 40.5. The molecule has 3 atom stereocenters. The lowest BCUT2D eigenvalue weighted by molar-refractivity contribution is -0.144. The van der Waals surface area contributed by atoms with Crippen LogP contribution in [0.5, 0.6) is 5.75 Å². The highest BCUT2D eigenvalue weighted by molar-refractivity contribution is 7.14. The Bertz CT molecular complexity index is 1940. The number of aromatic nitrogens is 2. The lowest BCUT2D eigenvalue weighted by Crippen LogP contribution is -2.54. The normalized spacial score (nSPS) is 17.6. The number of carbonyl (C=O) groups excluding carboxylic acids is 3. The topological polar surface area (TPSA) is 145 Å². The highest BCUT2D eigenvalue weighted by atomic mass is 32.1. The molecule has 0 aliphatic carbocycles. The Morgan fingerprint density at radius 3 is 2.23 bits per heavy atom. The predicted molar refractivity (Wildman–Crippen MR) is 223 cm³/mol. The number of hydrogen-bond acceptors (Lipinski definition) is 9. The highest BCUT2D eigenvalue weighted by Gasteiger charge is 2.42. The Morgan fingerprint density at radius 2 is 1.58 bits per heavy atom. The smallest absolute Gasteiger partial charge is 0.262 e. The summed E-state index contributed by atoms with van der Waals surface area (Å²) in [7, 11) is 0. The Morgan fingerprint density at radius 1 is 0.877 bits per heavy atom. The molecule has 0 bridgehead atoms. The third-order valence-corrected chi connectivity index (χ3v) is 12.5. The summed E-state index contributed by atoms with van der Waals surface area (Å²) in [5.74, 6) is 0.180. The first-order chi connectivity index (χ1) is 27.4. The van der Waals surface area contributed by atoms with Crippen molar-refractivity contribution < 1.29 is 29.3 Å². The van der Waals surface area contributed by atoms with E-state index in [1.807, 2.05) is 67.0 Å². The van der Waals surface area contributed by atoms with Gasteiger partial charge in [-0.05, 0) is 66.5 Å². The van der Waals surface area contributed by atoms with Crippen LogP contribution in [0.25, 0.3) is 22.5 Å². The van der Waals surface area contributed by atoms with Crippen molar-refractivity contribution >= 4 is 29.1 Å². The number of rotatable bonds is 16. The van der Waals surface area contributed by atoms with Crippen molar-refractivity contribution in [3.05, 3.63) is 88.4 Å². The van der Waals surface area contributed by atoms with E-state index in [2.05, 4.69) is 43.0 Å². The van der Waals surface area contributed by atoms with E-state index in [0.717, 1.165) is 45.9 Å². The summed E-state index contributed by atoms with van der Waals surface area (Å²) in [5.41, 5.74) is 3.42. The van der Waals surface area contributed by atoms with E-state index in [9.17, 15) is 24.6 Å². The minimum atomic E-state index is -1.49. The van der Waals surface area contributed by atoms with Crippen LogP contribution in [0.4, 0.5) is 0 Å². The zero-order valence-corrected chi connectivity index (χ0v) is 34.5. The predicted octanol–water partition coefficient (Wildman–Crippen LogP) is 7.01. The van der Waals surface area contributed by atoms with Crippen LogP contribution < -0.4 is 10.1 Å². The average molecular weight is 796 g/mol. The van der Waals surface area contributed by atoms with Crippen molar-refractivity contribution in [3.8, 4) is 28.3 Å². The maximum absolute atomic E-state index is 14.4. The van der Waals surface area contributed by atoms with Crippen LogP contribution in [-0.2, 0) is 21.4 Å². The summed E-state index contributed by atoms with van der Waals surface area (Å²) in [6.07, 6.45) is 10.0. The lowest BCUT2D eigenvalue weighted by atomic mass is 9.95. The number of carbonyl (C=O) groups is 3. The number of nitrogens with one attached hydrogen (secondary N) is 1. The van der Waals surface area contributed by atoms with Gasteiger partial charge in [-0.1, -0.05) is 89.8 Å². The number of benzene rings is 2. The maximum Gasteiger partial charge on any atom is 0.262 e. The second-order valence-electron chi connectivity index (χ2n) is 16.4. The molecule has 2 aromatic carbocycles. The molecule has 0 saturated carbocycles. The van der Waals surface area contributed by atoms with Crippen molar-refractivity contribution in [2.75, 3.05) is 26.2 Å². The van der Waals surface area contributed by atoms with Gasteiger partial charge < -0.3 is 30.1 Å². The molecular weight excluding hydrogens is 739 g/mol. The number of thiophene rings is 1. The molecule has 2 fully saturated rings. The van der Waals surface area contributed by atoms with Crippen LogP contribution >= 0.6 is 11.3 Å². The summed E-state index contributed by atoms with van der Waals surface area (Å²) in [5, 5.41) is 22.4. The molecule has 304 valence electrons. The summed E-state index contributed by atoms with van der Waals surface area (Å²) in [6, 6.07) is 17.8. The Kier molecular flexibility index (Phi) is 14.1. The number of unbranched alkanes of at least 4 members (excludes halogenated alkanes) is 4. The van der Waals surface area contributed by atoms with E-state index < -0.39 is 24.3 Å². The SMILES string of the molecule is CCCCCCCOc1ccc(-c2cnc(-c3ccc(C[C@H](NC(=O)c4ccc(C(C)(C)C)s4)C(=O)N4CCC[C@H]4C(=O)N4CCC(C(O)O)C4)cc3)nc2)cc1. The molecule has 2 aliphatic heterocycles. The van der Waals surface area contributed by atoms with Gasteiger partial charge in [-0.3, -0.25) is 14.4 Å². The van der Waals surface area contributed by atoms with E-state index in [1.165, 1.54) is 37.0 Å². The molecule has 57 heavy (non-hydrogen) atoms. The van der Waals surface area contributed by atoms with Gasteiger partial charge in [0.1, 0.15) is 17.8 Å². The Hall–Kier alpha value is -4.65. The minimum absolute atomic E-state index is 0.123. The number of aliphatic hydroxyl groups excluding tert-OH is 1. The fraction of sp³-hybridized carbons (Fsp3) is 0.489. The molecule has 4 aromatic rings. The number of amides is 3. The molecule has 1 unspecified atom stereocenters. The number of likely N-dealkylation sites (tertiary alicyclic amines) is 2. The van der Waals surface area contributed by atoms with E-state index in [0.29, 0.717) is 43.1 Å². The third kappa shape index (κ3) is 10.9. The molecule has 6 rings (SSSR count). The number of ether oxygens (including phenoxy) is 1. The molecule has 2 aliphatic rings. The molecule has 0 spiro atoms. The van der Waals surface area contributed by atoms with Crippen LogP contribution in [0, 0.1) is 5.92 Å². The van der Waals surface area contributed by atoms with Crippen LogP contribution in [0.15, 0.2) is 73.1 Å². The van der Waals surface area contributed by atoms with Crippen LogP contribution in [-0.4, -0.2) is 92.3 Å². The lowest BCUT2D eigenvalue weighted by Gasteiger charge is -2.31. The monoisotopic (exact) mass is 795 g/mol. The van der Waals surface area contributed by atoms with Crippen molar-refractivity contribution in [1.82, 2.24) is 25.1 Å². The third-order valence-electron chi connectivity index (χ3n) is 11.0. The first-order valence-electron chi connectivity index (χ1n) is 20.4. The number of hydrogen-bond donors (Lipinski definition) is 3. The van der Waals surface area contributed by atoms with E-state index in [1.54, 1.807) is 15.9 Å². The van der Waals surface area contributed by atoms with Gasteiger partial charge in [-0.25, -0.2) is 9.97 Å². The van der Waals surface area contributed by atoms with Crippen molar-refractivity contribution in [3.63, 3.8) is 0 Å². The zero-order valence-electron chi connectivity index (χ0n) is 33.7. The fourth-order valence-electron chi connectivity index (χ4n) is 7.51. The Labute approximate surface area is 340 Å². The van der Waals surface area contributed by atoms with Gasteiger partial charge >= 0.3 is 0 Å². The highest BCUT2D eigenvalue weighted by Crippen LogP contribution is 2.31. The number of aliphatic hydroxyl groups is 2. The summed E-state index contributed by atoms with van der Waals surface area (Å²) in [4.78, 5) is 55.8. The first kappa shape index (κ1) is 42.0. The largest absolute Gasteiger partial charge is 0.494 e. The first-order valence-corrected chi connectivity index (χ1v) is 21.2. The number of nitrogens with zero attached hydrogens (tertiary/aromatic N) is 4. The molecule has 3 amide bonds. The Balaban J connectivity index is 1.13. The van der Waals surface area contributed by atoms with Gasteiger partial charge in [-0.2, -0.15) is 0 Å². The minimum Gasteiger partial charge on any atom is -0.494 e. The molecule has 11 nitrogen and oxygen atoms in total. The second kappa shape index (κ2) is 19.2. The summed E-state index contributed by atoms with van der Waals surface area (Å²) >= 11 is 1.41. The van der Waals surface area contributed by atoms with E-state index in [-0.39, 0.29) is 36.1 Å². The molecule has 0 radical (unpaired) electrons. The van der Waals surface area contributed by atoms with Crippen LogP contribution in [0.1, 0.15) is 99.2 Å². The van der Waals surface area contributed by atoms with Gasteiger partial charge in [0.2, 0.25) is 11.8 Å². The molecule has 12 heteroatoms. The van der Waals surface area contributed by atoms with E-state index in [4.69, 9.17) is 4.74 Å². The van der Waals surface area contributed by atoms with Crippen molar-refractivity contribution in [2.24, 2.45) is 5.92 Å². The van der Waals surface area contributed by atoms with Crippen molar-refractivity contribution in [2.45, 2.75) is 109 Å². The standard InChI is InChI=1S/C45H57N5O6S/c1-5-6-7-8-9-25-56-35-18-16-31(17-19-35)34-27-46-40(47-28-34)32-14-12-30(13-15-32)26-36(48-41(51)38-20-21-39(57-38)45(2,3)4)42(52)50-23-10-11-37(50)43(53)49-24-22-33(29-49)44(54)55/h12-21,27-28,33,36-37,44,54-55H,5-11,22-26,29H2,1-4H3,(H,48,51)/t33?,36-,37-/m0/s1. The van der Waals surface area contributed by atoms with Gasteiger partial charge in [0, 0.05) is 60.4 Å². The fourth-order valence-corrected chi connectivity index (χ4v) is 8.48.